The molecule has 1 aromatic heterocycles. The SMILES string of the molecule is Cc1cccc(CCC(=O)N2CCC[C@H](Oc3ncc(F)cn3)C2)c1. The van der Waals surface area contributed by atoms with Crippen LogP contribution in [0, 0.1) is 12.7 Å². The van der Waals surface area contributed by atoms with Crippen LogP contribution >= 0.6 is 0 Å². The number of amides is 1. The summed E-state index contributed by atoms with van der Waals surface area (Å²) in [5, 5.41) is 0. The van der Waals surface area contributed by atoms with Crippen molar-refractivity contribution in [3.05, 3.63) is 53.6 Å². The van der Waals surface area contributed by atoms with Gasteiger partial charge in [0, 0.05) is 13.0 Å². The van der Waals surface area contributed by atoms with Crippen molar-refractivity contribution in [3.63, 3.8) is 0 Å². The lowest BCUT2D eigenvalue weighted by Crippen LogP contribution is -2.44. The molecule has 1 amide bonds. The van der Waals surface area contributed by atoms with E-state index in [1.807, 2.05) is 17.0 Å². The van der Waals surface area contributed by atoms with Crippen molar-refractivity contribution in [3.8, 4) is 6.01 Å². The topological polar surface area (TPSA) is 55.3 Å². The third-order valence-corrected chi connectivity index (χ3v) is 4.31. The van der Waals surface area contributed by atoms with Gasteiger partial charge in [-0.25, -0.2) is 14.4 Å². The van der Waals surface area contributed by atoms with Gasteiger partial charge in [-0.2, -0.15) is 0 Å². The molecule has 1 aliphatic heterocycles. The van der Waals surface area contributed by atoms with Gasteiger partial charge in [0.2, 0.25) is 5.91 Å². The van der Waals surface area contributed by atoms with E-state index < -0.39 is 5.82 Å². The monoisotopic (exact) mass is 343 g/mol. The van der Waals surface area contributed by atoms with Gasteiger partial charge in [0.1, 0.15) is 6.10 Å². The highest BCUT2D eigenvalue weighted by Crippen LogP contribution is 2.17. The summed E-state index contributed by atoms with van der Waals surface area (Å²) in [6.45, 7) is 3.32. The van der Waals surface area contributed by atoms with Crippen LogP contribution in [0.15, 0.2) is 36.7 Å². The van der Waals surface area contributed by atoms with E-state index in [9.17, 15) is 9.18 Å². The second kappa shape index (κ2) is 8.05. The van der Waals surface area contributed by atoms with E-state index in [1.54, 1.807) is 0 Å². The number of hydrogen-bond acceptors (Lipinski definition) is 4. The second-order valence-electron chi connectivity index (χ2n) is 6.39. The normalized spacial score (nSPS) is 17.4. The number of halogens is 1. The number of likely N-dealkylation sites (tertiary alicyclic amines) is 1. The van der Waals surface area contributed by atoms with E-state index in [1.165, 1.54) is 11.1 Å². The first-order valence-corrected chi connectivity index (χ1v) is 8.57. The van der Waals surface area contributed by atoms with Crippen LogP contribution in [0.3, 0.4) is 0 Å². The molecule has 0 saturated carbocycles. The van der Waals surface area contributed by atoms with Crippen LogP contribution in [0.4, 0.5) is 4.39 Å². The number of rotatable bonds is 5. The standard InChI is InChI=1S/C19H22FN3O2/c1-14-4-2-5-15(10-14)7-8-18(24)23-9-3-6-17(13-23)25-19-21-11-16(20)12-22-19/h2,4-5,10-12,17H,3,6-9,13H2,1H3/t17-/m0/s1. The third kappa shape index (κ3) is 4.98. The van der Waals surface area contributed by atoms with E-state index >= 15 is 0 Å². The molecule has 1 fully saturated rings. The third-order valence-electron chi connectivity index (χ3n) is 4.31. The molecular formula is C19H22FN3O2. The molecule has 1 atom stereocenters. The Bertz CT molecular complexity index is 721. The zero-order valence-corrected chi connectivity index (χ0v) is 14.3. The van der Waals surface area contributed by atoms with Gasteiger partial charge in [-0.1, -0.05) is 29.8 Å². The summed E-state index contributed by atoms with van der Waals surface area (Å²) in [6, 6.07) is 8.38. The van der Waals surface area contributed by atoms with E-state index in [0.29, 0.717) is 13.0 Å². The van der Waals surface area contributed by atoms with Gasteiger partial charge in [0.15, 0.2) is 5.82 Å². The minimum atomic E-state index is -0.496. The lowest BCUT2D eigenvalue weighted by Gasteiger charge is -2.32. The lowest BCUT2D eigenvalue weighted by atomic mass is 10.0. The predicted octanol–water partition coefficient (Wildman–Crippen LogP) is 2.93. The van der Waals surface area contributed by atoms with Crippen LogP contribution in [0.2, 0.25) is 0 Å². The molecule has 0 N–H and O–H groups in total. The zero-order chi connectivity index (χ0) is 17.6. The smallest absolute Gasteiger partial charge is 0.316 e. The molecule has 2 aromatic rings. The molecule has 0 spiro atoms. The number of nitrogens with zero attached hydrogens (tertiary/aromatic N) is 3. The molecule has 25 heavy (non-hydrogen) atoms. The van der Waals surface area contributed by atoms with Gasteiger partial charge in [-0.15, -0.1) is 0 Å². The fourth-order valence-corrected chi connectivity index (χ4v) is 3.05. The minimum Gasteiger partial charge on any atom is -0.458 e. The van der Waals surface area contributed by atoms with Crippen molar-refractivity contribution in [1.29, 1.82) is 0 Å². The highest BCUT2D eigenvalue weighted by atomic mass is 19.1. The van der Waals surface area contributed by atoms with Crippen molar-refractivity contribution in [2.24, 2.45) is 0 Å². The van der Waals surface area contributed by atoms with E-state index in [0.717, 1.165) is 38.2 Å². The summed E-state index contributed by atoms with van der Waals surface area (Å²) in [7, 11) is 0. The number of piperidine rings is 1. The van der Waals surface area contributed by atoms with Crippen LogP contribution in [0.25, 0.3) is 0 Å². The molecule has 1 aliphatic rings. The highest BCUT2D eigenvalue weighted by Gasteiger charge is 2.25. The van der Waals surface area contributed by atoms with Crippen molar-refractivity contribution in [2.45, 2.75) is 38.7 Å². The summed E-state index contributed by atoms with van der Waals surface area (Å²) >= 11 is 0. The Morgan fingerprint density at radius 1 is 1.36 bits per heavy atom. The van der Waals surface area contributed by atoms with Crippen molar-refractivity contribution in [1.82, 2.24) is 14.9 Å². The number of benzene rings is 1. The maximum Gasteiger partial charge on any atom is 0.316 e. The average Bonchev–Trinajstić information content (AvgIpc) is 2.62. The molecule has 2 heterocycles. The van der Waals surface area contributed by atoms with Crippen LogP contribution in [-0.4, -0.2) is 40.0 Å². The number of hydrogen-bond donors (Lipinski definition) is 0. The number of aromatic nitrogens is 2. The average molecular weight is 343 g/mol. The second-order valence-corrected chi connectivity index (χ2v) is 6.39. The number of carbonyl (C=O) groups is 1. The summed E-state index contributed by atoms with van der Waals surface area (Å²) in [6.07, 6.45) is 4.95. The Morgan fingerprint density at radius 3 is 2.92 bits per heavy atom. The molecular weight excluding hydrogens is 321 g/mol. The lowest BCUT2D eigenvalue weighted by molar-refractivity contribution is -0.133. The number of carbonyl (C=O) groups excluding carboxylic acids is 1. The summed E-state index contributed by atoms with van der Waals surface area (Å²) in [5.74, 6) is -0.362. The highest BCUT2D eigenvalue weighted by molar-refractivity contribution is 5.76. The predicted molar refractivity (Wildman–Crippen MR) is 91.7 cm³/mol. The summed E-state index contributed by atoms with van der Waals surface area (Å²) in [5.41, 5.74) is 2.38. The number of aryl methyl sites for hydroxylation is 2. The summed E-state index contributed by atoms with van der Waals surface area (Å²) in [4.78, 5) is 22.0. The first-order valence-electron chi connectivity index (χ1n) is 8.57. The van der Waals surface area contributed by atoms with E-state index in [-0.39, 0.29) is 18.0 Å². The van der Waals surface area contributed by atoms with E-state index in [2.05, 4.69) is 29.0 Å². The first-order chi connectivity index (χ1) is 12.1. The Labute approximate surface area is 146 Å². The maximum atomic E-state index is 12.8. The van der Waals surface area contributed by atoms with Gasteiger partial charge < -0.3 is 9.64 Å². The molecule has 6 heteroatoms. The largest absolute Gasteiger partial charge is 0.458 e. The fraction of sp³-hybridized carbons (Fsp3) is 0.421. The van der Waals surface area contributed by atoms with Crippen molar-refractivity contribution < 1.29 is 13.9 Å². The first kappa shape index (κ1) is 17.3. The number of ether oxygens (including phenoxy) is 1. The zero-order valence-electron chi connectivity index (χ0n) is 14.3. The Balaban J connectivity index is 1.51. The molecule has 3 rings (SSSR count). The van der Waals surface area contributed by atoms with Crippen molar-refractivity contribution >= 4 is 5.91 Å². The molecule has 132 valence electrons. The van der Waals surface area contributed by atoms with Gasteiger partial charge in [-0.05, 0) is 31.7 Å². The molecule has 1 aromatic carbocycles. The van der Waals surface area contributed by atoms with Gasteiger partial charge in [-0.3, -0.25) is 4.79 Å². The quantitative estimate of drug-likeness (QED) is 0.838. The molecule has 0 radical (unpaired) electrons. The molecule has 0 unspecified atom stereocenters. The van der Waals surface area contributed by atoms with Crippen LogP contribution in [0.5, 0.6) is 6.01 Å². The minimum absolute atomic E-state index is 0.134. The molecule has 1 saturated heterocycles. The Kier molecular flexibility index (Phi) is 5.58. The maximum absolute atomic E-state index is 12.8. The fourth-order valence-electron chi connectivity index (χ4n) is 3.05. The van der Waals surface area contributed by atoms with Gasteiger partial charge in [0.05, 0.1) is 18.9 Å². The molecule has 0 aliphatic carbocycles. The molecule has 5 nitrogen and oxygen atoms in total. The van der Waals surface area contributed by atoms with Gasteiger partial charge >= 0.3 is 6.01 Å². The van der Waals surface area contributed by atoms with Crippen molar-refractivity contribution in [2.75, 3.05) is 13.1 Å². The Morgan fingerprint density at radius 2 is 2.16 bits per heavy atom. The van der Waals surface area contributed by atoms with Crippen LogP contribution in [-0.2, 0) is 11.2 Å². The van der Waals surface area contributed by atoms with Crippen LogP contribution < -0.4 is 4.74 Å². The molecule has 0 bridgehead atoms. The Hall–Kier alpha value is -2.50. The van der Waals surface area contributed by atoms with Gasteiger partial charge in [0.25, 0.3) is 0 Å². The van der Waals surface area contributed by atoms with E-state index in [4.69, 9.17) is 4.74 Å². The van der Waals surface area contributed by atoms with Crippen LogP contribution in [0.1, 0.15) is 30.4 Å². The summed E-state index contributed by atoms with van der Waals surface area (Å²) < 4.78 is 18.5.